The van der Waals surface area contributed by atoms with Crippen molar-refractivity contribution >= 4 is 29.0 Å². The topological polar surface area (TPSA) is 54.5 Å². The van der Waals surface area contributed by atoms with Crippen LogP contribution in [0.5, 0.6) is 0 Å². The molecule has 1 amide bonds. The molecule has 0 aliphatic carbocycles. The van der Waals surface area contributed by atoms with Gasteiger partial charge < -0.3 is 15.0 Å². The van der Waals surface area contributed by atoms with Crippen LogP contribution in [0.1, 0.15) is 6.92 Å². The predicted molar refractivity (Wildman–Crippen MR) is 97.7 cm³/mol. The van der Waals surface area contributed by atoms with Crippen LogP contribution in [0.4, 0.5) is 11.4 Å². The van der Waals surface area contributed by atoms with Crippen LogP contribution in [-0.2, 0) is 9.53 Å². The minimum atomic E-state index is -0.209. The van der Waals surface area contributed by atoms with E-state index in [1.54, 1.807) is 6.20 Å². The number of hydrogen-bond acceptors (Lipinski definition) is 5. The van der Waals surface area contributed by atoms with Crippen molar-refractivity contribution in [3.63, 3.8) is 0 Å². The molecular formula is C18H21N3O2S. The van der Waals surface area contributed by atoms with Crippen LogP contribution < -0.4 is 10.2 Å². The molecule has 1 aliphatic rings. The number of morpholine rings is 1. The molecule has 0 spiro atoms. The summed E-state index contributed by atoms with van der Waals surface area (Å²) in [6.07, 6.45) is 1.73. The van der Waals surface area contributed by atoms with Gasteiger partial charge in [0, 0.05) is 30.7 Å². The fourth-order valence-corrected chi connectivity index (χ4v) is 3.28. The molecule has 3 rings (SSSR count). The quantitative estimate of drug-likeness (QED) is 0.846. The Morgan fingerprint density at radius 2 is 1.96 bits per heavy atom. The first-order valence-electron chi connectivity index (χ1n) is 8.04. The fraction of sp³-hybridized carbons (Fsp3) is 0.333. The van der Waals surface area contributed by atoms with E-state index in [2.05, 4.69) is 15.2 Å². The van der Waals surface area contributed by atoms with Crippen molar-refractivity contribution in [2.45, 2.75) is 17.2 Å². The first-order valence-corrected chi connectivity index (χ1v) is 8.91. The van der Waals surface area contributed by atoms with E-state index in [0.29, 0.717) is 0 Å². The number of rotatable bonds is 5. The summed E-state index contributed by atoms with van der Waals surface area (Å²) in [4.78, 5) is 18.8. The highest BCUT2D eigenvalue weighted by molar-refractivity contribution is 8.00. The van der Waals surface area contributed by atoms with Crippen molar-refractivity contribution in [1.82, 2.24) is 4.98 Å². The van der Waals surface area contributed by atoms with Crippen molar-refractivity contribution in [2.75, 3.05) is 36.5 Å². The molecule has 1 aliphatic heterocycles. The van der Waals surface area contributed by atoms with Crippen LogP contribution in [0.3, 0.4) is 0 Å². The van der Waals surface area contributed by atoms with Crippen LogP contribution in [0.2, 0.25) is 0 Å². The Hall–Kier alpha value is -2.05. The summed E-state index contributed by atoms with van der Waals surface area (Å²) in [7, 11) is 0. The minimum absolute atomic E-state index is 0.0234. The summed E-state index contributed by atoms with van der Waals surface area (Å²) in [5, 5.41) is 3.60. The average Bonchev–Trinajstić information content (AvgIpc) is 2.64. The van der Waals surface area contributed by atoms with Gasteiger partial charge in [-0.3, -0.25) is 4.79 Å². The number of carbonyl (C=O) groups is 1. The molecule has 0 saturated carbocycles. The summed E-state index contributed by atoms with van der Waals surface area (Å²) in [5.41, 5.74) is 1.97. The molecule has 2 heterocycles. The number of nitrogens with zero attached hydrogens (tertiary/aromatic N) is 2. The van der Waals surface area contributed by atoms with E-state index >= 15 is 0 Å². The Kier molecular flexibility index (Phi) is 5.72. The molecule has 1 aromatic heterocycles. The van der Waals surface area contributed by atoms with Crippen LogP contribution >= 0.6 is 11.8 Å². The van der Waals surface area contributed by atoms with Gasteiger partial charge in [0.15, 0.2) is 0 Å². The molecule has 1 N–H and O–H groups in total. The third kappa shape index (κ3) is 4.49. The molecule has 24 heavy (non-hydrogen) atoms. The number of benzene rings is 1. The number of nitrogens with one attached hydrogen (secondary N) is 1. The molecule has 126 valence electrons. The standard InChI is InChI=1S/C18H21N3O2S/c1-14(24-17-4-2-3-9-19-17)18(22)20-15-5-7-16(8-6-15)21-10-12-23-13-11-21/h2-9,14H,10-13H2,1H3,(H,20,22)/t14-/m0/s1. The lowest BCUT2D eigenvalue weighted by Gasteiger charge is -2.28. The van der Waals surface area contributed by atoms with Gasteiger partial charge in [-0.25, -0.2) is 4.98 Å². The molecular weight excluding hydrogens is 322 g/mol. The fourth-order valence-electron chi connectivity index (χ4n) is 2.47. The molecule has 2 aromatic rings. The largest absolute Gasteiger partial charge is 0.378 e. The van der Waals surface area contributed by atoms with Crippen molar-refractivity contribution in [2.24, 2.45) is 0 Å². The summed E-state index contributed by atoms with van der Waals surface area (Å²) in [6, 6.07) is 13.7. The molecule has 0 unspecified atom stereocenters. The maximum Gasteiger partial charge on any atom is 0.237 e. The highest BCUT2D eigenvalue weighted by Crippen LogP contribution is 2.23. The van der Waals surface area contributed by atoms with Crippen molar-refractivity contribution in [3.05, 3.63) is 48.7 Å². The first kappa shape index (κ1) is 16.8. The second-order valence-corrected chi connectivity index (χ2v) is 6.92. The summed E-state index contributed by atoms with van der Waals surface area (Å²) in [5.74, 6) is -0.0234. The Balaban J connectivity index is 1.55. The number of aromatic nitrogens is 1. The summed E-state index contributed by atoms with van der Waals surface area (Å²) >= 11 is 1.45. The second kappa shape index (κ2) is 8.17. The first-order chi connectivity index (χ1) is 11.7. The third-order valence-electron chi connectivity index (χ3n) is 3.82. The average molecular weight is 343 g/mol. The Bertz CT molecular complexity index is 658. The smallest absolute Gasteiger partial charge is 0.237 e. The van der Waals surface area contributed by atoms with Crippen LogP contribution in [-0.4, -0.2) is 42.4 Å². The molecule has 0 radical (unpaired) electrons. The van der Waals surface area contributed by atoms with E-state index in [0.717, 1.165) is 42.7 Å². The van der Waals surface area contributed by atoms with E-state index in [-0.39, 0.29) is 11.2 Å². The zero-order valence-corrected chi connectivity index (χ0v) is 14.5. The van der Waals surface area contributed by atoms with Crippen molar-refractivity contribution < 1.29 is 9.53 Å². The number of ether oxygens (including phenoxy) is 1. The number of carbonyl (C=O) groups excluding carboxylic acids is 1. The lowest BCUT2D eigenvalue weighted by Crippen LogP contribution is -2.36. The van der Waals surface area contributed by atoms with Gasteiger partial charge in [0.1, 0.15) is 0 Å². The predicted octanol–water partition coefficient (Wildman–Crippen LogP) is 3.04. The van der Waals surface area contributed by atoms with Crippen LogP contribution in [0.25, 0.3) is 0 Å². The normalized spacial score (nSPS) is 15.8. The van der Waals surface area contributed by atoms with Crippen LogP contribution in [0, 0.1) is 0 Å². The van der Waals surface area contributed by atoms with E-state index in [4.69, 9.17) is 4.74 Å². The Labute approximate surface area is 146 Å². The maximum absolute atomic E-state index is 12.3. The second-order valence-electron chi connectivity index (χ2n) is 5.56. The zero-order valence-electron chi connectivity index (χ0n) is 13.6. The number of pyridine rings is 1. The number of thioether (sulfide) groups is 1. The van der Waals surface area contributed by atoms with Gasteiger partial charge in [-0.05, 0) is 43.3 Å². The van der Waals surface area contributed by atoms with Crippen molar-refractivity contribution in [3.8, 4) is 0 Å². The lowest BCUT2D eigenvalue weighted by molar-refractivity contribution is -0.115. The third-order valence-corrected chi connectivity index (χ3v) is 4.87. The number of amides is 1. The Morgan fingerprint density at radius 1 is 1.21 bits per heavy atom. The Morgan fingerprint density at radius 3 is 2.62 bits per heavy atom. The monoisotopic (exact) mass is 343 g/mol. The van der Waals surface area contributed by atoms with Gasteiger partial charge in [0.05, 0.1) is 23.5 Å². The van der Waals surface area contributed by atoms with Gasteiger partial charge in [-0.2, -0.15) is 0 Å². The number of hydrogen-bond donors (Lipinski definition) is 1. The summed E-state index contributed by atoms with van der Waals surface area (Å²) < 4.78 is 5.37. The highest BCUT2D eigenvalue weighted by atomic mass is 32.2. The van der Waals surface area contributed by atoms with Gasteiger partial charge in [0.25, 0.3) is 0 Å². The van der Waals surface area contributed by atoms with Gasteiger partial charge in [-0.15, -0.1) is 0 Å². The van der Waals surface area contributed by atoms with E-state index < -0.39 is 0 Å². The molecule has 6 heteroatoms. The van der Waals surface area contributed by atoms with Gasteiger partial charge >= 0.3 is 0 Å². The molecule has 1 fully saturated rings. The van der Waals surface area contributed by atoms with E-state index in [1.165, 1.54) is 11.8 Å². The summed E-state index contributed by atoms with van der Waals surface area (Å²) in [6.45, 7) is 5.23. The molecule has 1 saturated heterocycles. The highest BCUT2D eigenvalue weighted by Gasteiger charge is 2.16. The molecule has 5 nitrogen and oxygen atoms in total. The van der Waals surface area contributed by atoms with Crippen molar-refractivity contribution in [1.29, 1.82) is 0 Å². The lowest BCUT2D eigenvalue weighted by atomic mass is 10.2. The zero-order chi connectivity index (χ0) is 16.8. The van der Waals surface area contributed by atoms with E-state index in [9.17, 15) is 4.79 Å². The van der Waals surface area contributed by atoms with Gasteiger partial charge in [0.2, 0.25) is 5.91 Å². The molecule has 0 bridgehead atoms. The van der Waals surface area contributed by atoms with Gasteiger partial charge in [-0.1, -0.05) is 17.8 Å². The minimum Gasteiger partial charge on any atom is -0.378 e. The van der Waals surface area contributed by atoms with E-state index in [1.807, 2.05) is 49.4 Å². The molecule has 1 aromatic carbocycles. The SMILES string of the molecule is C[C@H](Sc1ccccn1)C(=O)Nc1ccc(N2CCOCC2)cc1. The van der Waals surface area contributed by atoms with Crippen LogP contribution in [0.15, 0.2) is 53.7 Å². The maximum atomic E-state index is 12.3. The number of anilines is 2. The molecule has 1 atom stereocenters.